The minimum atomic E-state index is -0.380. The minimum absolute atomic E-state index is 0.00989. The highest BCUT2D eigenvalue weighted by molar-refractivity contribution is 9.10. The highest BCUT2D eigenvalue weighted by atomic mass is 79.9. The number of tetrazole rings is 1. The highest BCUT2D eigenvalue weighted by Gasteiger charge is 2.13. The summed E-state index contributed by atoms with van der Waals surface area (Å²) in [7, 11) is 0. The van der Waals surface area contributed by atoms with Gasteiger partial charge in [-0.3, -0.25) is 4.79 Å². The van der Waals surface area contributed by atoms with Crippen LogP contribution in [-0.4, -0.2) is 26.0 Å². The van der Waals surface area contributed by atoms with Gasteiger partial charge in [0.15, 0.2) is 11.6 Å². The van der Waals surface area contributed by atoms with Gasteiger partial charge in [-0.15, -0.1) is 5.10 Å². The summed E-state index contributed by atoms with van der Waals surface area (Å²) in [4.78, 5) is 12.2. The zero-order valence-electron chi connectivity index (χ0n) is 11.3. The summed E-state index contributed by atoms with van der Waals surface area (Å²) in [5.41, 5.74) is 1.22. The molecule has 0 saturated carbocycles. The lowest BCUT2D eigenvalue weighted by atomic mass is 10.1. The van der Waals surface area contributed by atoms with E-state index in [0.29, 0.717) is 11.4 Å². The quantitative estimate of drug-likeness (QED) is 0.670. The van der Waals surface area contributed by atoms with E-state index in [1.807, 2.05) is 24.3 Å². The Morgan fingerprint density at radius 3 is 2.45 bits per heavy atom. The SMILES string of the molecule is O=C(Cn1nnnc1-c1ccc(Br)cc1)c1ccc(F)cc1. The molecule has 0 unspecified atom stereocenters. The standard InChI is InChI=1S/C15H10BrFN4O/c16-12-5-1-11(2-6-12)15-18-19-20-21(15)9-14(22)10-3-7-13(17)8-4-10/h1-8H,9H2. The fraction of sp³-hybridized carbons (Fsp3) is 0.0667. The van der Waals surface area contributed by atoms with Crippen molar-refractivity contribution in [2.75, 3.05) is 0 Å². The number of carbonyl (C=O) groups is 1. The average Bonchev–Trinajstić information content (AvgIpc) is 2.97. The van der Waals surface area contributed by atoms with Crippen LogP contribution in [-0.2, 0) is 6.54 Å². The first kappa shape index (κ1) is 14.5. The number of rotatable bonds is 4. The molecule has 0 radical (unpaired) electrons. The zero-order valence-corrected chi connectivity index (χ0v) is 12.9. The molecule has 0 atom stereocenters. The van der Waals surface area contributed by atoms with Gasteiger partial charge >= 0.3 is 0 Å². The van der Waals surface area contributed by atoms with Crippen LogP contribution in [0.3, 0.4) is 0 Å². The van der Waals surface area contributed by atoms with Gasteiger partial charge in [0.05, 0.1) is 0 Å². The first-order valence-electron chi connectivity index (χ1n) is 6.44. The van der Waals surface area contributed by atoms with Gasteiger partial charge in [-0.1, -0.05) is 28.1 Å². The Labute approximate surface area is 133 Å². The summed E-state index contributed by atoms with van der Waals surface area (Å²) in [5.74, 6) is -0.0665. The van der Waals surface area contributed by atoms with E-state index in [9.17, 15) is 9.18 Å². The Bertz CT molecular complexity index is 799. The van der Waals surface area contributed by atoms with Crippen LogP contribution in [0.4, 0.5) is 4.39 Å². The number of hydrogen-bond donors (Lipinski definition) is 0. The molecule has 0 aliphatic carbocycles. The molecular weight excluding hydrogens is 351 g/mol. The topological polar surface area (TPSA) is 60.7 Å². The molecule has 3 aromatic rings. The number of aromatic nitrogens is 4. The molecule has 0 saturated heterocycles. The molecule has 7 heteroatoms. The van der Waals surface area contributed by atoms with Crippen LogP contribution in [0.5, 0.6) is 0 Å². The van der Waals surface area contributed by atoms with Crippen LogP contribution < -0.4 is 0 Å². The summed E-state index contributed by atoms with van der Waals surface area (Å²) in [5, 5.41) is 11.4. The van der Waals surface area contributed by atoms with Crippen molar-refractivity contribution in [2.24, 2.45) is 0 Å². The average molecular weight is 361 g/mol. The van der Waals surface area contributed by atoms with Crippen molar-refractivity contribution >= 4 is 21.7 Å². The van der Waals surface area contributed by atoms with E-state index in [2.05, 4.69) is 31.5 Å². The monoisotopic (exact) mass is 360 g/mol. The van der Waals surface area contributed by atoms with Crippen LogP contribution in [0, 0.1) is 5.82 Å². The highest BCUT2D eigenvalue weighted by Crippen LogP contribution is 2.19. The fourth-order valence-corrected chi connectivity index (χ4v) is 2.24. The van der Waals surface area contributed by atoms with E-state index >= 15 is 0 Å². The van der Waals surface area contributed by atoms with Crippen molar-refractivity contribution in [2.45, 2.75) is 6.54 Å². The zero-order chi connectivity index (χ0) is 15.5. The second kappa shape index (κ2) is 6.15. The second-order valence-corrected chi connectivity index (χ2v) is 5.51. The molecule has 1 heterocycles. The normalized spacial score (nSPS) is 10.6. The minimum Gasteiger partial charge on any atom is -0.292 e. The lowest BCUT2D eigenvalue weighted by Gasteiger charge is -2.04. The van der Waals surface area contributed by atoms with Crippen molar-refractivity contribution < 1.29 is 9.18 Å². The molecule has 0 bridgehead atoms. The van der Waals surface area contributed by atoms with Crippen molar-refractivity contribution in [3.8, 4) is 11.4 Å². The van der Waals surface area contributed by atoms with Gasteiger partial charge in [0.1, 0.15) is 12.4 Å². The molecule has 1 aromatic heterocycles. The van der Waals surface area contributed by atoms with Crippen LogP contribution in [0.1, 0.15) is 10.4 Å². The smallest absolute Gasteiger partial charge is 0.184 e. The van der Waals surface area contributed by atoms with Crippen LogP contribution in [0.25, 0.3) is 11.4 Å². The van der Waals surface area contributed by atoms with E-state index in [1.165, 1.54) is 28.9 Å². The van der Waals surface area contributed by atoms with E-state index in [1.54, 1.807) is 0 Å². The maximum atomic E-state index is 12.9. The summed E-state index contributed by atoms with van der Waals surface area (Å²) < 4.78 is 15.3. The number of nitrogens with zero attached hydrogens (tertiary/aromatic N) is 4. The van der Waals surface area contributed by atoms with Gasteiger partial charge in [-0.2, -0.15) is 0 Å². The van der Waals surface area contributed by atoms with Gasteiger partial charge in [0.25, 0.3) is 0 Å². The van der Waals surface area contributed by atoms with Crippen molar-refractivity contribution in [1.82, 2.24) is 20.2 Å². The Kier molecular flexibility index (Phi) is 4.06. The Morgan fingerprint density at radius 1 is 1.09 bits per heavy atom. The van der Waals surface area contributed by atoms with Gasteiger partial charge in [-0.25, -0.2) is 9.07 Å². The lowest BCUT2D eigenvalue weighted by molar-refractivity contribution is 0.0967. The number of Topliss-reactive ketones (excluding diaryl/α,β-unsaturated/α-hetero) is 1. The van der Waals surface area contributed by atoms with Crippen LogP contribution >= 0.6 is 15.9 Å². The molecule has 3 rings (SSSR count). The predicted octanol–water partition coefficient (Wildman–Crippen LogP) is 3.12. The number of halogens is 2. The molecule has 0 N–H and O–H groups in total. The van der Waals surface area contributed by atoms with Crippen molar-refractivity contribution in [1.29, 1.82) is 0 Å². The maximum Gasteiger partial charge on any atom is 0.184 e. The van der Waals surface area contributed by atoms with E-state index in [0.717, 1.165) is 10.0 Å². The van der Waals surface area contributed by atoms with E-state index < -0.39 is 0 Å². The molecule has 5 nitrogen and oxygen atoms in total. The lowest BCUT2D eigenvalue weighted by Crippen LogP contribution is -2.13. The Hall–Kier alpha value is -2.41. The van der Waals surface area contributed by atoms with Crippen molar-refractivity contribution in [3.05, 3.63) is 64.4 Å². The Balaban J connectivity index is 1.84. The number of benzene rings is 2. The van der Waals surface area contributed by atoms with Crippen LogP contribution in [0.2, 0.25) is 0 Å². The molecule has 0 aliphatic heterocycles. The molecular formula is C15H10BrFN4O. The molecule has 110 valence electrons. The number of carbonyl (C=O) groups excluding carboxylic acids is 1. The second-order valence-electron chi connectivity index (χ2n) is 4.60. The third-order valence-electron chi connectivity index (χ3n) is 3.09. The van der Waals surface area contributed by atoms with Crippen molar-refractivity contribution in [3.63, 3.8) is 0 Å². The predicted molar refractivity (Wildman–Crippen MR) is 81.7 cm³/mol. The third-order valence-corrected chi connectivity index (χ3v) is 3.62. The summed E-state index contributed by atoms with van der Waals surface area (Å²) >= 11 is 3.36. The summed E-state index contributed by atoms with van der Waals surface area (Å²) in [6.45, 7) is -0.00989. The summed E-state index contributed by atoms with van der Waals surface area (Å²) in [6, 6.07) is 12.9. The Morgan fingerprint density at radius 2 is 1.77 bits per heavy atom. The number of ketones is 1. The first-order chi connectivity index (χ1) is 10.6. The first-order valence-corrected chi connectivity index (χ1v) is 7.23. The fourth-order valence-electron chi connectivity index (χ4n) is 1.98. The summed E-state index contributed by atoms with van der Waals surface area (Å²) in [6.07, 6.45) is 0. The van der Waals surface area contributed by atoms with E-state index in [-0.39, 0.29) is 18.1 Å². The van der Waals surface area contributed by atoms with Gasteiger partial charge < -0.3 is 0 Å². The maximum absolute atomic E-state index is 12.9. The molecule has 22 heavy (non-hydrogen) atoms. The molecule has 0 amide bonds. The molecule has 2 aromatic carbocycles. The van der Waals surface area contributed by atoms with E-state index in [4.69, 9.17) is 0 Å². The van der Waals surface area contributed by atoms with Gasteiger partial charge in [0.2, 0.25) is 0 Å². The van der Waals surface area contributed by atoms with Crippen LogP contribution in [0.15, 0.2) is 53.0 Å². The molecule has 0 spiro atoms. The van der Waals surface area contributed by atoms with Gasteiger partial charge in [0, 0.05) is 15.6 Å². The third kappa shape index (κ3) is 3.09. The molecule has 0 aliphatic rings. The van der Waals surface area contributed by atoms with Gasteiger partial charge in [-0.05, 0) is 46.8 Å². The largest absolute Gasteiger partial charge is 0.292 e. The number of hydrogen-bond acceptors (Lipinski definition) is 4. The molecule has 0 fully saturated rings.